The molecule has 0 saturated heterocycles. The third kappa shape index (κ3) is 3.34. The Morgan fingerprint density at radius 2 is 1.75 bits per heavy atom. The number of hydrogen-bond donors (Lipinski definition) is 0. The fourth-order valence-corrected chi connectivity index (χ4v) is 1.68. The molecule has 0 fully saturated rings. The Morgan fingerprint density at radius 3 is 2.30 bits per heavy atom. The second-order valence-electron chi connectivity index (χ2n) is 3.93. The summed E-state index contributed by atoms with van der Waals surface area (Å²) in [6.07, 6.45) is -0.621. The van der Waals surface area contributed by atoms with E-state index in [4.69, 9.17) is 18.7 Å². The lowest BCUT2D eigenvalue weighted by atomic mass is 10.2. The zero-order chi connectivity index (χ0) is 14.4. The average molecular weight is 278 g/mol. The van der Waals surface area contributed by atoms with E-state index in [1.807, 2.05) is 38.1 Å². The molecule has 0 N–H and O–H groups in total. The summed E-state index contributed by atoms with van der Waals surface area (Å²) in [6.45, 7) is 4.77. The number of aromatic nitrogens is 2. The Kier molecular flexibility index (Phi) is 5.09. The minimum absolute atomic E-state index is 0.319. The molecule has 0 aliphatic heterocycles. The zero-order valence-electron chi connectivity index (χ0n) is 11.8. The molecule has 20 heavy (non-hydrogen) atoms. The quantitative estimate of drug-likeness (QED) is 0.725. The van der Waals surface area contributed by atoms with E-state index in [9.17, 15) is 0 Å². The van der Waals surface area contributed by atoms with Gasteiger partial charge in [-0.25, -0.2) is 0 Å². The first kappa shape index (κ1) is 14.5. The first-order valence-electron chi connectivity index (χ1n) is 6.49. The van der Waals surface area contributed by atoms with Gasteiger partial charge in [0, 0.05) is 18.8 Å². The van der Waals surface area contributed by atoms with Crippen LogP contribution in [0.1, 0.15) is 26.0 Å². The van der Waals surface area contributed by atoms with Gasteiger partial charge in [0.25, 0.3) is 5.89 Å². The lowest BCUT2D eigenvalue weighted by Gasteiger charge is -2.11. The van der Waals surface area contributed by atoms with Crippen molar-refractivity contribution in [3.8, 4) is 17.1 Å². The van der Waals surface area contributed by atoms with Crippen LogP contribution in [-0.4, -0.2) is 30.5 Å². The molecule has 2 aromatic rings. The van der Waals surface area contributed by atoms with Gasteiger partial charge in [0.1, 0.15) is 5.75 Å². The molecular weight excluding hydrogens is 260 g/mol. The van der Waals surface area contributed by atoms with Gasteiger partial charge in [-0.1, -0.05) is 5.16 Å². The van der Waals surface area contributed by atoms with Crippen molar-refractivity contribution in [1.82, 2.24) is 10.1 Å². The van der Waals surface area contributed by atoms with Crippen LogP contribution in [0.3, 0.4) is 0 Å². The summed E-state index contributed by atoms with van der Waals surface area (Å²) in [5.74, 6) is 1.59. The van der Waals surface area contributed by atoms with Crippen molar-refractivity contribution in [3.63, 3.8) is 0 Å². The summed E-state index contributed by atoms with van der Waals surface area (Å²) in [7, 11) is 1.62. The number of rotatable bonds is 7. The number of hydrogen-bond acceptors (Lipinski definition) is 6. The standard InChI is InChI=1S/C14H18N2O4/c1-4-18-14(19-5-2)13-15-12(16-20-13)10-6-8-11(17-3)9-7-10/h6-9,14H,4-5H2,1-3H3. The van der Waals surface area contributed by atoms with E-state index in [1.54, 1.807) is 7.11 Å². The molecule has 0 radical (unpaired) electrons. The van der Waals surface area contributed by atoms with E-state index >= 15 is 0 Å². The largest absolute Gasteiger partial charge is 0.497 e. The predicted octanol–water partition coefficient (Wildman–Crippen LogP) is 2.82. The molecule has 0 bridgehead atoms. The Morgan fingerprint density at radius 1 is 1.10 bits per heavy atom. The monoisotopic (exact) mass is 278 g/mol. The van der Waals surface area contributed by atoms with Gasteiger partial charge in [-0.15, -0.1) is 0 Å². The highest BCUT2D eigenvalue weighted by molar-refractivity contribution is 5.55. The Hall–Kier alpha value is -1.92. The Balaban J connectivity index is 2.17. The Bertz CT molecular complexity index is 518. The van der Waals surface area contributed by atoms with E-state index in [0.29, 0.717) is 24.9 Å². The number of methoxy groups -OCH3 is 1. The van der Waals surface area contributed by atoms with E-state index in [2.05, 4.69) is 10.1 Å². The molecule has 6 nitrogen and oxygen atoms in total. The molecular formula is C14H18N2O4. The van der Waals surface area contributed by atoms with Crippen molar-refractivity contribution < 1.29 is 18.7 Å². The van der Waals surface area contributed by atoms with Gasteiger partial charge < -0.3 is 18.7 Å². The summed E-state index contributed by atoms with van der Waals surface area (Å²) < 4.78 is 21.1. The lowest BCUT2D eigenvalue weighted by molar-refractivity contribution is -0.155. The SMILES string of the molecule is CCOC(OCC)c1nc(-c2ccc(OC)cc2)no1. The predicted molar refractivity (Wildman–Crippen MR) is 72.3 cm³/mol. The molecule has 2 rings (SSSR count). The van der Waals surface area contributed by atoms with Crippen molar-refractivity contribution in [1.29, 1.82) is 0 Å². The summed E-state index contributed by atoms with van der Waals surface area (Å²) >= 11 is 0. The van der Waals surface area contributed by atoms with Gasteiger partial charge in [0.15, 0.2) is 0 Å². The molecule has 1 heterocycles. The molecule has 0 saturated carbocycles. The Labute approximate surface area is 117 Å². The molecule has 1 aromatic heterocycles. The third-order valence-corrected chi connectivity index (χ3v) is 2.63. The number of nitrogens with zero attached hydrogens (tertiary/aromatic N) is 2. The van der Waals surface area contributed by atoms with Crippen LogP contribution in [0.5, 0.6) is 5.75 Å². The van der Waals surface area contributed by atoms with E-state index in [-0.39, 0.29) is 0 Å². The molecule has 108 valence electrons. The van der Waals surface area contributed by atoms with Gasteiger partial charge in [0.2, 0.25) is 12.1 Å². The highest BCUT2D eigenvalue weighted by Crippen LogP contribution is 2.23. The van der Waals surface area contributed by atoms with Gasteiger partial charge in [-0.05, 0) is 38.1 Å². The molecule has 6 heteroatoms. The van der Waals surface area contributed by atoms with Crippen LogP contribution in [0.25, 0.3) is 11.4 Å². The van der Waals surface area contributed by atoms with E-state index in [1.165, 1.54) is 0 Å². The van der Waals surface area contributed by atoms with Crippen molar-refractivity contribution in [2.24, 2.45) is 0 Å². The molecule has 0 aliphatic rings. The molecule has 0 unspecified atom stereocenters. The van der Waals surface area contributed by atoms with Crippen LogP contribution in [0.2, 0.25) is 0 Å². The number of benzene rings is 1. The molecule has 0 aliphatic carbocycles. The minimum Gasteiger partial charge on any atom is -0.497 e. The van der Waals surface area contributed by atoms with Crippen LogP contribution in [-0.2, 0) is 9.47 Å². The van der Waals surface area contributed by atoms with Crippen LogP contribution in [0, 0.1) is 0 Å². The summed E-state index contributed by atoms with van der Waals surface area (Å²) in [5.41, 5.74) is 0.840. The average Bonchev–Trinajstić information content (AvgIpc) is 2.97. The van der Waals surface area contributed by atoms with Gasteiger partial charge in [0.05, 0.1) is 7.11 Å². The molecule has 1 aromatic carbocycles. The highest BCUT2D eigenvalue weighted by Gasteiger charge is 2.20. The molecule has 0 atom stereocenters. The van der Waals surface area contributed by atoms with Crippen LogP contribution < -0.4 is 4.74 Å². The second kappa shape index (κ2) is 7.02. The summed E-state index contributed by atoms with van der Waals surface area (Å²) in [6, 6.07) is 7.41. The summed E-state index contributed by atoms with van der Waals surface area (Å²) in [5, 5.41) is 3.94. The topological polar surface area (TPSA) is 66.6 Å². The minimum atomic E-state index is -0.621. The maximum Gasteiger partial charge on any atom is 0.283 e. The van der Waals surface area contributed by atoms with E-state index in [0.717, 1.165) is 11.3 Å². The maximum absolute atomic E-state index is 5.42. The summed E-state index contributed by atoms with van der Waals surface area (Å²) in [4.78, 5) is 4.30. The van der Waals surface area contributed by atoms with Crippen molar-refractivity contribution >= 4 is 0 Å². The van der Waals surface area contributed by atoms with Crippen molar-refractivity contribution in [2.45, 2.75) is 20.1 Å². The lowest BCUT2D eigenvalue weighted by Crippen LogP contribution is -2.09. The first-order valence-corrected chi connectivity index (χ1v) is 6.49. The fourth-order valence-electron chi connectivity index (χ4n) is 1.68. The van der Waals surface area contributed by atoms with Crippen LogP contribution in [0.4, 0.5) is 0 Å². The second-order valence-corrected chi connectivity index (χ2v) is 3.93. The van der Waals surface area contributed by atoms with Crippen LogP contribution >= 0.6 is 0 Å². The van der Waals surface area contributed by atoms with Gasteiger partial charge in [-0.3, -0.25) is 0 Å². The molecule has 0 amide bonds. The van der Waals surface area contributed by atoms with Crippen molar-refractivity contribution in [2.75, 3.05) is 20.3 Å². The highest BCUT2D eigenvalue weighted by atomic mass is 16.7. The normalized spacial score (nSPS) is 11.0. The van der Waals surface area contributed by atoms with Crippen LogP contribution in [0.15, 0.2) is 28.8 Å². The van der Waals surface area contributed by atoms with E-state index < -0.39 is 6.29 Å². The smallest absolute Gasteiger partial charge is 0.283 e. The van der Waals surface area contributed by atoms with Gasteiger partial charge >= 0.3 is 0 Å². The third-order valence-electron chi connectivity index (χ3n) is 2.63. The van der Waals surface area contributed by atoms with Gasteiger partial charge in [-0.2, -0.15) is 4.98 Å². The molecule has 0 spiro atoms. The fraction of sp³-hybridized carbons (Fsp3) is 0.429. The first-order chi connectivity index (χ1) is 9.78. The maximum atomic E-state index is 5.42. The van der Waals surface area contributed by atoms with Crippen molar-refractivity contribution in [3.05, 3.63) is 30.2 Å². The zero-order valence-corrected chi connectivity index (χ0v) is 11.8. The number of ether oxygens (including phenoxy) is 3.